The van der Waals surface area contributed by atoms with Gasteiger partial charge in [-0.25, -0.2) is 0 Å². The van der Waals surface area contributed by atoms with Crippen molar-refractivity contribution in [2.75, 3.05) is 6.54 Å². The second-order valence-electron chi connectivity index (χ2n) is 6.20. The summed E-state index contributed by atoms with van der Waals surface area (Å²) in [5.74, 6) is 2.08. The van der Waals surface area contributed by atoms with Crippen molar-refractivity contribution in [3.05, 3.63) is 47.1 Å². The molecule has 2 aliphatic rings. The molecule has 4 nitrogen and oxygen atoms in total. The van der Waals surface area contributed by atoms with E-state index >= 15 is 0 Å². The van der Waals surface area contributed by atoms with Gasteiger partial charge < -0.3 is 9.84 Å². The quantitative estimate of drug-likeness (QED) is 0.920. The van der Waals surface area contributed by atoms with Crippen LogP contribution in [0.2, 0.25) is 0 Å². The topological polar surface area (TPSA) is 51.0 Å². The van der Waals surface area contributed by atoms with Crippen LogP contribution in [0.3, 0.4) is 0 Å². The molecule has 4 rings (SSSR count). The molecule has 1 fully saturated rings. The predicted octanol–water partition coefficient (Wildman–Crippen LogP) is 3.16. The lowest BCUT2D eigenvalue weighted by atomic mass is 9.83. The zero-order chi connectivity index (χ0) is 14.1. The number of rotatable bonds is 2. The average Bonchev–Trinajstić information content (AvgIpc) is 3.05. The van der Waals surface area contributed by atoms with E-state index in [0.29, 0.717) is 5.92 Å². The lowest BCUT2D eigenvalue weighted by Gasteiger charge is -2.22. The normalized spacial score (nSPS) is 25.5. The van der Waals surface area contributed by atoms with Crippen molar-refractivity contribution in [3.8, 4) is 0 Å². The van der Waals surface area contributed by atoms with E-state index in [0.717, 1.165) is 43.9 Å². The number of nitrogens with one attached hydrogen (secondary N) is 1. The number of piperidine rings is 1. The Morgan fingerprint density at radius 1 is 1.10 bits per heavy atom. The Hall–Kier alpha value is -1.68. The molecule has 0 saturated carbocycles. The third kappa shape index (κ3) is 2.60. The fourth-order valence-electron chi connectivity index (χ4n) is 3.54. The molecule has 2 atom stereocenters. The Morgan fingerprint density at radius 2 is 2.00 bits per heavy atom. The molecule has 2 aromatic rings. The third-order valence-electron chi connectivity index (χ3n) is 4.78. The van der Waals surface area contributed by atoms with Gasteiger partial charge in [0, 0.05) is 5.92 Å². The van der Waals surface area contributed by atoms with E-state index in [1.807, 2.05) is 0 Å². The summed E-state index contributed by atoms with van der Waals surface area (Å²) in [5, 5.41) is 7.73. The molecule has 1 aliphatic heterocycles. The number of hydrogen-bond donors (Lipinski definition) is 1. The van der Waals surface area contributed by atoms with Crippen LogP contribution in [0.25, 0.3) is 0 Å². The van der Waals surface area contributed by atoms with Crippen molar-refractivity contribution in [3.63, 3.8) is 0 Å². The first-order chi connectivity index (χ1) is 10.4. The number of aryl methyl sites for hydroxylation is 1. The van der Waals surface area contributed by atoms with Gasteiger partial charge in [0.1, 0.15) is 0 Å². The van der Waals surface area contributed by atoms with Crippen LogP contribution in [0.5, 0.6) is 0 Å². The number of benzene rings is 1. The summed E-state index contributed by atoms with van der Waals surface area (Å²) in [6.07, 6.45) is 6.87. The van der Waals surface area contributed by atoms with Crippen molar-refractivity contribution in [1.82, 2.24) is 15.5 Å². The molecule has 4 heteroatoms. The van der Waals surface area contributed by atoms with Gasteiger partial charge in [0.15, 0.2) is 5.82 Å². The molecule has 0 bridgehead atoms. The number of aromatic nitrogens is 2. The van der Waals surface area contributed by atoms with E-state index in [4.69, 9.17) is 9.51 Å². The van der Waals surface area contributed by atoms with Crippen molar-refractivity contribution >= 4 is 0 Å². The maximum atomic E-state index is 5.52. The lowest BCUT2D eigenvalue weighted by Crippen LogP contribution is -2.27. The van der Waals surface area contributed by atoms with Crippen LogP contribution in [0, 0.1) is 0 Å². The van der Waals surface area contributed by atoms with Gasteiger partial charge in [0.25, 0.3) is 0 Å². The van der Waals surface area contributed by atoms with Gasteiger partial charge in [-0.1, -0.05) is 35.8 Å². The molecule has 0 spiro atoms. The second-order valence-corrected chi connectivity index (χ2v) is 6.20. The van der Waals surface area contributed by atoms with Crippen LogP contribution in [-0.2, 0) is 12.8 Å². The van der Waals surface area contributed by atoms with Crippen LogP contribution in [0.15, 0.2) is 28.8 Å². The first-order valence-corrected chi connectivity index (χ1v) is 8.04. The van der Waals surface area contributed by atoms with Crippen LogP contribution in [0.1, 0.15) is 60.5 Å². The summed E-state index contributed by atoms with van der Waals surface area (Å²) in [4.78, 5) is 4.69. The zero-order valence-corrected chi connectivity index (χ0v) is 12.2. The van der Waals surface area contributed by atoms with Gasteiger partial charge in [0.05, 0.1) is 6.04 Å². The monoisotopic (exact) mass is 283 g/mol. The highest BCUT2D eigenvalue weighted by Gasteiger charge is 2.26. The molecule has 110 valence electrons. The molecular weight excluding hydrogens is 262 g/mol. The van der Waals surface area contributed by atoms with Gasteiger partial charge in [-0.15, -0.1) is 0 Å². The number of hydrogen-bond acceptors (Lipinski definition) is 4. The van der Waals surface area contributed by atoms with E-state index in [2.05, 4.69) is 34.7 Å². The average molecular weight is 283 g/mol. The highest BCUT2D eigenvalue weighted by molar-refractivity contribution is 5.31. The van der Waals surface area contributed by atoms with Gasteiger partial charge in [-0.2, -0.15) is 4.98 Å². The number of fused-ring (bicyclic) bond motifs is 1. The lowest BCUT2D eigenvalue weighted by molar-refractivity contribution is 0.294. The summed E-state index contributed by atoms with van der Waals surface area (Å²) in [5.41, 5.74) is 2.92. The number of nitrogens with zero attached hydrogens (tertiary/aromatic N) is 2. The molecule has 0 amide bonds. The van der Waals surface area contributed by atoms with Crippen molar-refractivity contribution in [2.45, 2.75) is 50.5 Å². The summed E-state index contributed by atoms with van der Waals surface area (Å²) < 4.78 is 5.52. The molecule has 2 unspecified atom stereocenters. The molecule has 1 aromatic carbocycles. The highest BCUT2D eigenvalue weighted by atomic mass is 16.5. The zero-order valence-electron chi connectivity index (χ0n) is 12.2. The van der Waals surface area contributed by atoms with Gasteiger partial charge in [-0.05, 0) is 49.8 Å². The Kier molecular flexibility index (Phi) is 3.47. The summed E-state index contributed by atoms with van der Waals surface area (Å²) in [6, 6.07) is 8.97. The summed E-state index contributed by atoms with van der Waals surface area (Å²) in [6.45, 7) is 1.05. The molecular formula is C17H21N3O. The largest absolute Gasteiger partial charge is 0.338 e. The maximum Gasteiger partial charge on any atom is 0.243 e. The van der Waals surface area contributed by atoms with Crippen LogP contribution < -0.4 is 5.32 Å². The molecule has 2 heterocycles. The van der Waals surface area contributed by atoms with Gasteiger partial charge in [0.2, 0.25) is 5.89 Å². The van der Waals surface area contributed by atoms with E-state index in [1.54, 1.807) is 0 Å². The van der Waals surface area contributed by atoms with E-state index in [-0.39, 0.29) is 6.04 Å². The fraction of sp³-hybridized carbons (Fsp3) is 0.529. The van der Waals surface area contributed by atoms with Crippen LogP contribution in [-0.4, -0.2) is 16.7 Å². The predicted molar refractivity (Wildman–Crippen MR) is 80.1 cm³/mol. The minimum atomic E-state index is 0.260. The van der Waals surface area contributed by atoms with Gasteiger partial charge >= 0.3 is 0 Å². The molecule has 1 N–H and O–H groups in total. The standard InChI is InChI=1S/C17H21N3O/c1-2-6-13-11-14(9-8-12(13)5-1)16-19-17(21-20-16)15-7-3-4-10-18-15/h1-2,5-6,14-15,18H,3-4,7-11H2. The Balaban J connectivity index is 1.51. The van der Waals surface area contributed by atoms with Crippen molar-refractivity contribution < 1.29 is 4.52 Å². The minimum Gasteiger partial charge on any atom is -0.338 e. The van der Waals surface area contributed by atoms with Crippen LogP contribution in [0.4, 0.5) is 0 Å². The maximum absolute atomic E-state index is 5.52. The molecule has 1 aliphatic carbocycles. The van der Waals surface area contributed by atoms with E-state index in [9.17, 15) is 0 Å². The summed E-state index contributed by atoms with van der Waals surface area (Å²) >= 11 is 0. The minimum absolute atomic E-state index is 0.260. The van der Waals surface area contributed by atoms with E-state index < -0.39 is 0 Å². The van der Waals surface area contributed by atoms with Gasteiger partial charge in [-0.3, -0.25) is 0 Å². The molecule has 21 heavy (non-hydrogen) atoms. The summed E-state index contributed by atoms with van der Waals surface area (Å²) in [7, 11) is 0. The Labute approximate surface area is 124 Å². The fourth-order valence-corrected chi connectivity index (χ4v) is 3.54. The Morgan fingerprint density at radius 3 is 2.86 bits per heavy atom. The van der Waals surface area contributed by atoms with Crippen molar-refractivity contribution in [2.24, 2.45) is 0 Å². The third-order valence-corrected chi connectivity index (χ3v) is 4.78. The molecule has 1 saturated heterocycles. The SMILES string of the molecule is c1ccc2c(c1)CCC(c1noc(C3CCCCN3)n1)C2. The second kappa shape index (κ2) is 5.60. The van der Waals surface area contributed by atoms with Crippen molar-refractivity contribution in [1.29, 1.82) is 0 Å². The first-order valence-electron chi connectivity index (χ1n) is 8.04. The van der Waals surface area contributed by atoms with Crippen LogP contribution >= 0.6 is 0 Å². The highest BCUT2D eigenvalue weighted by Crippen LogP contribution is 2.32. The Bertz CT molecular complexity index is 616. The first kappa shape index (κ1) is 13.0. The van der Waals surface area contributed by atoms with E-state index in [1.165, 1.54) is 24.0 Å². The molecule has 1 aromatic heterocycles. The molecule has 0 radical (unpaired) electrons. The smallest absolute Gasteiger partial charge is 0.243 e.